The van der Waals surface area contributed by atoms with E-state index in [1.54, 1.807) is 24.0 Å². The summed E-state index contributed by atoms with van der Waals surface area (Å²) >= 11 is 6.18. The molecule has 0 spiro atoms. The fourth-order valence-corrected chi connectivity index (χ4v) is 2.13. The van der Waals surface area contributed by atoms with Crippen LogP contribution in [0.3, 0.4) is 0 Å². The van der Waals surface area contributed by atoms with Gasteiger partial charge in [0.05, 0.1) is 10.6 Å². The molecule has 2 rings (SSSR count). The molecule has 0 aliphatic rings. The number of benzene rings is 1. The molecule has 0 fully saturated rings. The second kappa shape index (κ2) is 8.02. The van der Waals surface area contributed by atoms with Crippen molar-refractivity contribution in [2.45, 2.75) is 0 Å². The number of nitrogens with one attached hydrogen (secondary N) is 2. The van der Waals surface area contributed by atoms with Crippen LogP contribution >= 0.6 is 24.0 Å². The first-order valence-corrected chi connectivity index (χ1v) is 6.72. The van der Waals surface area contributed by atoms with Crippen LogP contribution in [0, 0.1) is 0 Å². The topological polar surface area (TPSA) is 58.9 Å². The highest BCUT2D eigenvalue weighted by Crippen LogP contribution is 2.28. The Morgan fingerprint density at radius 1 is 1.33 bits per heavy atom. The Bertz CT molecular complexity index is 613. The maximum atomic E-state index is 12.2. The molecule has 21 heavy (non-hydrogen) atoms. The van der Waals surface area contributed by atoms with Crippen molar-refractivity contribution in [3.8, 4) is 11.3 Å². The van der Waals surface area contributed by atoms with Crippen LogP contribution in [0.5, 0.6) is 0 Å². The van der Waals surface area contributed by atoms with E-state index in [1.807, 2.05) is 25.2 Å². The molecule has 1 aromatic carbocycles. The van der Waals surface area contributed by atoms with Crippen molar-refractivity contribution < 1.29 is 4.79 Å². The minimum absolute atomic E-state index is 0. The first-order chi connectivity index (χ1) is 9.63. The highest BCUT2D eigenvalue weighted by molar-refractivity contribution is 6.33. The average molecular weight is 329 g/mol. The summed E-state index contributed by atoms with van der Waals surface area (Å²) in [6, 6.07) is 7.36. The molecular formula is C14H18Cl2N4O. The predicted molar refractivity (Wildman–Crippen MR) is 87.2 cm³/mol. The number of nitrogens with zero attached hydrogens (tertiary/aromatic N) is 2. The smallest absolute Gasteiger partial charge is 0.255 e. The molecule has 0 unspecified atom stereocenters. The summed E-state index contributed by atoms with van der Waals surface area (Å²) in [7, 11) is 3.62. The SMILES string of the molecule is CNCCNC(=O)c1cn(C)nc1-c1ccccc1Cl.Cl. The molecule has 1 heterocycles. The van der Waals surface area contributed by atoms with Crippen LogP contribution in [-0.2, 0) is 7.05 Å². The fraction of sp³-hybridized carbons (Fsp3) is 0.286. The van der Waals surface area contributed by atoms with Gasteiger partial charge in [-0.05, 0) is 13.1 Å². The molecule has 0 bridgehead atoms. The first-order valence-electron chi connectivity index (χ1n) is 6.35. The van der Waals surface area contributed by atoms with Crippen molar-refractivity contribution in [3.63, 3.8) is 0 Å². The zero-order valence-corrected chi connectivity index (χ0v) is 13.5. The molecule has 1 amide bonds. The third-order valence-corrected chi connectivity index (χ3v) is 3.19. The Labute approximate surface area is 135 Å². The summed E-state index contributed by atoms with van der Waals surface area (Å²) < 4.78 is 1.62. The second-order valence-electron chi connectivity index (χ2n) is 4.40. The van der Waals surface area contributed by atoms with Gasteiger partial charge in [-0.15, -0.1) is 12.4 Å². The lowest BCUT2D eigenvalue weighted by Gasteiger charge is -2.06. The van der Waals surface area contributed by atoms with Crippen LogP contribution in [-0.4, -0.2) is 35.8 Å². The van der Waals surface area contributed by atoms with E-state index in [0.717, 1.165) is 5.56 Å². The summed E-state index contributed by atoms with van der Waals surface area (Å²) in [4.78, 5) is 12.2. The van der Waals surface area contributed by atoms with E-state index in [0.29, 0.717) is 29.4 Å². The standard InChI is InChI=1S/C14H17ClN4O.ClH/c1-16-7-8-17-14(20)11-9-19(2)18-13(11)10-5-3-4-6-12(10)15;/h3-6,9,16H,7-8H2,1-2H3,(H,17,20);1H. The monoisotopic (exact) mass is 328 g/mol. The van der Waals surface area contributed by atoms with Crippen LogP contribution < -0.4 is 10.6 Å². The van der Waals surface area contributed by atoms with E-state index in [9.17, 15) is 4.79 Å². The number of hydrogen-bond acceptors (Lipinski definition) is 3. The van der Waals surface area contributed by atoms with E-state index in [2.05, 4.69) is 15.7 Å². The molecule has 2 aromatic rings. The largest absolute Gasteiger partial charge is 0.351 e. The summed E-state index contributed by atoms with van der Waals surface area (Å²) in [6.07, 6.45) is 1.70. The number of carbonyl (C=O) groups excluding carboxylic acids is 1. The molecule has 0 aliphatic carbocycles. The van der Waals surface area contributed by atoms with Crippen LogP contribution in [0.15, 0.2) is 30.5 Å². The molecule has 0 saturated heterocycles. The lowest BCUT2D eigenvalue weighted by atomic mass is 10.1. The van der Waals surface area contributed by atoms with Crippen molar-refractivity contribution in [3.05, 3.63) is 41.0 Å². The first kappa shape index (κ1) is 17.5. The Kier molecular flexibility index (Phi) is 6.68. The third kappa shape index (κ3) is 4.20. The van der Waals surface area contributed by atoms with Crippen molar-refractivity contribution in [2.75, 3.05) is 20.1 Å². The molecular weight excluding hydrogens is 311 g/mol. The molecule has 1 aromatic heterocycles. The number of rotatable bonds is 5. The van der Waals surface area contributed by atoms with E-state index in [4.69, 9.17) is 11.6 Å². The maximum absolute atomic E-state index is 12.2. The van der Waals surface area contributed by atoms with E-state index < -0.39 is 0 Å². The minimum Gasteiger partial charge on any atom is -0.351 e. The molecule has 0 aliphatic heterocycles. The van der Waals surface area contributed by atoms with Gasteiger partial charge in [-0.2, -0.15) is 5.10 Å². The quantitative estimate of drug-likeness (QED) is 0.826. The maximum Gasteiger partial charge on any atom is 0.255 e. The van der Waals surface area contributed by atoms with Gasteiger partial charge in [-0.1, -0.05) is 29.8 Å². The van der Waals surface area contributed by atoms with E-state index >= 15 is 0 Å². The predicted octanol–water partition coefficient (Wildman–Crippen LogP) is 2.11. The molecule has 5 nitrogen and oxygen atoms in total. The van der Waals surface area contributed by atoms with E-state index in [1.165, 1.54) is 0 Å². The highest BCUT2D eigenvalue weighted by Gasteiger charge is 2.18. The second-order valence-corrected chi connectivity index (χ2v) is 4.81. The normalized spacial score (nSPS) is 10.0. The number of carbonyl (C=O) groups is 1. The van der Waals surface area contributed by atoms with E-state index in [-0.39, 0.29) is 18.3 Å². The zero-order valence-electron chi connectivity index (χ0n) is 11.9. The molecule has 0 saturated carbocycles. The Morgan fingerprint density at radius 3 is 2.71 bits per heavy atom. The summed E-state index contributed by atoms with van der Waals surface area (Å²) in [5.74, 6) is -0.150. The highest BCUT2D eigenvalue weighted by atomic mass is 35.5. The van der Waals surface area contributed by atoms with Crippen molar-refractivity contribution in [1.82, 2.24) is 20.4 Å². The van der Waals surface area contributed by atoms with Gasteiger partial charge in [0.15, 0.2) is 0 Å². The Hall–Kier alpha value is -1.56. The summed E-state index contributed by atoms with van der Waals surface area (Å²) in [5, 5.41) is 10.7. The summed E-state index contributed by atoms with van der Waals surface area (Å²) in [5.41, 5.74) is 1.88. The number of aromatic nitrogens is 2. The van der Waals surface area contributed by atoms with Gasteiger partial charge in [0.1, 0.15) is 5.69 Å². The number of halogens is 2. The molecule has 7 heteroatoms. The number of likely N-dealkylation sites (N-methyl/N-ethyl adjacent to an activating group) is 1. The molecule has 0 atom stereocenters. The number of hydrogen-bond donors (Lipinski definition) is 2. The molecule has 0 radical (unpaired) electrons. The molecule has 2 N–H and O–H groups in total. The van der Waals surface area contributed by atoms with Gasteiger partial charge in [-0.3, -0.25) is 9.48 Å². The van der Waals surface area contributed by atoms with Crippen LogP contribution in [0.1, 0.15) is 10.4 Å². The summed E-state index contributed by atoms with van der Waals surface area (Å²) in [6.45, 7) is 1.28. The van der Waals surface area contributed by atoms with Gasteiger partial charge < -0.3 is 10.6 Å². The number of aryl methyl sites for hydroxylation is 1. The van der Waals surface area contributed by atoms with Crippen LogP contribution in [0.25, 0.3) is 11.3 Å². The molecule has 114 valence electrons. The lowest BCUT2D eigenvalue weighted by Crippen LogP contribution is -2.30. The van der Waals surface area contributed by atoms with Crippen molar-refractivity contribution in [2.24, 2.45) is 7.05 Å². The van der Waals surface area contributed by atoms with Crippen molar-refractivity contribution >= 4 is 29.9 Å². The van der Waals surface area contributed by atoms with Crippen molar-refractivity contribution in [1.29, 1.82) is 0 Å². The Balaban J connectivity index is 0.00000220. The zero-order chi connectivity index (χ0) is 14.5. The average Bonchev–Trinajstić information content (AvgIpc) is 2.81. The van der Waals surface area contributed by atoms with Gasteiger partial charge in [-0.25, -0.2) is 0 Å². The lowest BCUT2D eigenvalue weighted by molar-refractivity contribution is 0.0954. The minimum atomic E-state index is -0.150. The van der Waals surface area contributed by atoms with Gasteiger partial charge in [0, 0.05) is 31.9 Å². The third-order valence-electron chi connectivity index (χ3n) is 2.86. The Morgan fingerprint density at radius 2 is 2.05 bits per heavy atom. The van der Waals surface area contributed by atoms with Crippen LogP contribution in [0.4, 0.5) is 0 Å². The fourth-order valence-electron chi connectivity index (χ4n) is 1.90. The number of amides is 1. The van der Waals surface area contributed by atoms with Gasteiger partial charge in [0.25, 0.3) is 5.91 Å². The van der Waals surface area contributed by atoms with Gasteiger partial charge in [0.2, 0.25) is 0 Å². The van der Waals surface area contributed by atoms with Crippen LogP contribution in [0.2, 0.25) is 5.02 Å². The van der Waals surface area contributed by atoms with Gasteiger partial charge >= 0.3 is 0 Å².